The highest BCUT2D eigenvalue weighted by Gasteiger charge is 2.36. The molecular weight excluding hydrogens is 346 g/mol. The van der Waals surface area contributed by atoms with Gasteiger partial charge >= 0.3 is 0 Å². The van der Waals surface area contributed by atoms with E-state index >= 15 is 0 Å². The molecule has 1 fully saturated rings. The Bertz CT molecular complexity index is 882. The van der Waals surface area contributed by atoms with Crippen LogP contribution in [0.4, 0.5) is 11.4 Å². The topological polar surface area (TPSA) is 92.6 Å². The number of anilines is 1. The molecule has 0 spiro atoms. The molecule has 1 N–H and O–H groups in total. The van der Waals surface area contributed by atoms with Gasteiger partial charge < -0.3 is 10.2 Å². The van der Waals surface area contributed by atoms with Crippen molar-refractivity contribution in [2.75, 3.05) is 11.4 Å². The summed E-state index contributed by atoms with van der Waals surface area (Å²) >= 11 is 0. The summed E-state index contributed by atoms with van der Waals surface area (Å²) in [4.78, 5) is 37.1. The fraction of sp³-hybridized carbons (Fsp3) is 0.300. The fourth-order valence-corrected chi connectivity index (χ4v) is 3.25. The summed E-state index contributed by atoms with van der Waals surface area (Å²) in [5.74, 6) is -0.881. The van der Waals surface area contributed by atoms with E-state index in [0.717, 1.165) is 5.56 Å². The summed E-state index contributed by atoms with van der Waals surface area (Å²) in [5, 5.41) is 14.1. The molecule has 2 aromatic rings. The van der Waals surface area contributed by atoms with E-state index in [1.807, 2.05) is 37.3 Å². The largest absolute Gasteiger partial charge is 0.349 e. The predicted molar refractivity (Wildman–Crippen MR) is 101 cm³/mol. The molecule has 0 bridgehead atoms. The Morgan fingerprint density at radius 2 is 1.96 bits per heavy atom. The number of aryl methyl sites for hydroxylation is 1. The smallest absolute Gasteiger partial charge is 0.274 e. The van der Waals surface area contributed by atoms with Crippen molar-refractivity contribution in [2.24, 2.45) is 5.92 Å². The third kappa shape index (κ3) is 3.97. The van der Waals surface area contributed by atoms with E-state index in [9.17, 15) is 19.7 Å². The van der Waals surface area contributed by atoms with Gasteiger partial charge in [0.1, 0.15) is 0 Å². The average Bonchev–Trinajstić information content (AvgIpc) is 3.04. The van der Waals surface area contributed by atoms with Gasteiger partial charge in [-0.25, -0.2) is 0 Å². The molecule has 7 nitrogen and oxygen atoms in total. The number of hydrogen-bond acceptors (Lipinski definition) is 4. The molecule has 2 aromatic carbocycles. The van der Waals surface area contributed by atoms with Crippen molar-refractivity contribution >= 4 is 23.2 Å². The highest BCUT2D eigenvalue weighted by atomic mass is 16.6. The summed E-state index contributed by atoms with van der Waals surface area (Å²) in [6.07, 6.45) is 0.0923. The Morgan fingerprint density at radius 1 is 1.26 bits per heavy atom. The van der Waals surface area contributed by atoms with Crippen LogP contribution in [0.15, 0.2) is 48.5 Å². The van der Waals surface area contributed by atoms with Gasteiger partial charge in [-0.2, -0.15) is 0 Å². The van der Waals surface area contributed by atoms with Gasteiger partial charge in [0.05, 0.1) is 22.6 Å². The number of benzene rings is 2. The number of carbonyl (C=O) groups excluding carboxylic acids is 2. The van der Waals surface area contributed by atoms with Crippen LogP contribution in [0.3, 0.4) is 0 Å². The monoisotopic (exact) mass is 367 g/mol. The molecule has 0 radical (unpaired) electrons. The van der Waals surface area contributed by atoms with Gasteiger partial charge in [0, 0.05) is 24.6 Å². The standard InChI is InChI=1S/C20H21N3O4/c1-13-8-9-17(11-18(13)23(26)27)22-12-16(10-19(22)24)20(25)21-14(2)15-6-4-3-5-7-15/h3-9,11,14,16H,10,12H2,1-2H3,(H,21,25)/t14-,16+/m1/s1. The Labute approximate surface area is 157 Å². The van der Waals surface area contributed by atoms with Crippen LogP contribution in [0.25, 0.3) is 0 Å². The summed E-state index contributed by atoms with van der Waals surface area (Å²) in [6, 6.07) is 14.1. The number of nitro groups is 1. The Morgan fingerprint density at radius 3 is 2.63 bits per heavy atom. The molecular formula is C20H21N3O4. The van der Waals surface area contributed by atoms with Gasteiger partial charge in [-0.05, 0) is 25.5 Å². The minimum Gasteiger partial charge on any atom is -0.349 e. The van der Waals surface area contributed by atoms with Gasteiger partial charge in [0.2, 0.25) is 11.8 Å². The minimum absolute atomic E-state index is 0.0362. The first-order valence-electron chi connectivity index (χ1n) is 8.77. The van der Waals surface area contributed by atoms with Crippen LogP contribution in [0.5, 0.6) is 0 Å². The molecule has 2 amide bonds. The lowest BCUT2D eigenvalue weighted by Crippen LogP contribution is -2.34. The van der Waals surface area contributed by atoms with Crippen LogP contribution >= 0.6 is 0 Å². The zero-order valence-electron chi connectivity index (χ0n) is 15.2. The Kier molecular flexibility index (Phi) is 5.21. The molecule has 0 unspecified atom stereocenters. The molecule has 1 aliphatic rings. The summed E-state index contributed by atoms with van der Waals surface area (Å²) in [6.45, 7) is 3.76. The normalized spacial score (nSPS) is 17.6. The minimum atomic E-state index is -0.482. The lowest BCUT2D eigenvalue weighted by atomic mass is 10.1. The van der Waals surface area contributed by atoms with E-state index in [4.69, 9.17) is 0 Å². The molecule has 0 aromatic heterocycles. The summed E-state index contributed by atoms with van der Waals surface area (Å²) in [5.41, 5.74) is 1.93. The molecule has 1 heterocycles. The number of carbonyl (C=O) groups is 2. The Hall–Kier alpha value is -3.22. The highest BCUT2D eigenvalue weighted by molar-refractivity contribution is 6.00. The molecule has 2 atom stereocenters. The van der Waals surface area contributed by atoms with Gasteiger partial charge in [0.15, 0.2) is 0 Å². The lowest BCUT2D eigenvalue weighted by Gasteiger charge is -2.19. The quantitative estimate of drug-likeness (QED) is 0.649. The van der Waals surface area contributed by atoms with Crippen LogP contribution in [0, 0.1) is 23.0 Å². The van der Waals surface area contributed by atoms with Crippen molar-refractivity contribution in [1.82, 2.24) is 5.32 Å². The molecule has 1 aliphatic heterocycles. The van der Waals surface area contributed by atoms with Crippen molar-refractivity contribution in [1.29, 1.82) is 0 Å². The van der Waals surface area contributed by atoms with E-state index in [0.29, 0.717) is 11.3 Å². The van der Waals surface area contributed by atoms with Crippen LogP contribution in [0.2, 0.25) is 0 Å². The maximum atomic E-state index is 12.6. The first-order chi connectivity index (χ1) is 12.9. The van der Waals surface area contributed by atoms with Crippen molar-refractivity contribution < 1.29 is 14.5 Å². The molecule has 27 heavy (non-hydrogen) atoms. The van der Waals surface area contributed by atoms with E-state index in [-0.39, 0.29) is 36.5 Å². The zero-order chi connectivity index (χ0) is 19.6. The van der Waals surface area contributed by atoms with Crippen molar-refractivity contribution in [3.8, 4) is 0 Å². The predicted octanol–water partition coefficient (Wildman–Crippen LogP) is 3.13. The van der Waals surface area contributed by atoms with Gasteiger partial charge in [-0.1, -0.05) is 36.4 Å². The molecule has 3 rings (SSSR count). The van der Waals surface area contributed by atoms with E-state index in [1.54, 1.807) is 19.1 Å². The zero-order valence-corrected chi connectivity index (χ0v) is 15.2. The number of rotatable bonds is 5. The first-order valence-corrected chi connectivity index (χ1v) is 8.77. The summed E-state index contributed by atoms with van der Waals surface area (Å²) < 4.78 is 0. The second kappa shape index (κ2) is 7.57. The van der Waals surface area contributed by atoms with Crippen LogP contribution in [0.1, 0.15) is 30.5 Å². The van der Waals surface area contributed by atoms with Gasteiger partial charge in [0.25, 0.3) is 5.69 Å². The van der Waals surface area contributed by atoms with Crippen LogP contribution < -0.4 is 10.2 Å². The molecule has 140 valence electrons. The number of nitro benzene ring substituents is 1. The molecule has 0 aliphatic carbocycles. The fourth-order valence-electron chi connectivity index (χ4n) is 3.25. The van der Waals surface area contributed by atoms with E-state index < -0.39 is 10.8 Å². The summed E-state index contributed by atoms with van der Waals surface area (Å²) in [7, 11) is 0. The second-order valence-corrected chi connectivity index (χ2v) is 6.77. The van der Waals surface area contributed by atoms with Crippen LogP contribution in [-0.2, 0) is 9.59 Å². The Balaban J connectivity index is 1.71. The molecule has 1 saturated heterocycles. The SMILES string of the molecule is Cc1ccc(N2C[C@@H](C(=O)N[C@H](C)c3ccccc3)CC2=O)cc1[N+](=O)[O-]. The number of nitrogens with zero attached hydrogens (tertiary/aromatic N) is 2. The second-order valence-electron chi connectivity index (χ2n) is 6.77. The maximum absolute atomic E-state index is 12.6. The molecule has 7 heteroatoms. The third-order valence-corrected chi connectivity index (χ3v) is 4.86. The lowest BCUT2D eigenvalue weighted by molar-refractivity contribution is -0.385. The number of hydrogen-bond donors (Lipinski definition) is 1. The van der Waals surface area contributed by atoms with Gasteiger partial charge in [-0.3, -0.25) is 19.7 Å². The van der Waals surface area contributed by atoms with Crippen molar-refractivity contribution in [3.05, 3.63) is 69.8 Å². The van der Waals surface area contributed by atoms with E-state index in [2.05, 4.69) is 5.32 Å². The molecule has 0 saturated carbocycles. The van der Waals surface area contributed by atoms with Crippen LogP contribution in [-0.4, -0.2) is 23.3 Å². The number of nitrogens with one attached hydrogen (secondary N) is 1. The van der Waals surface area contributed by atoms with E-state index in [1.165, 1.54) is 11.0 Å². The third-order valence-electron chi connectivity index (χ3n) is 4.86. The maximum Gasteiger partial charge on any atom is 0.274 e. The number of amides is 2. The van der Waals surface area contributed by atoms with Crippen molar-refractivity contribution in [3.63, 3.8) is 0 Å². The first kappa shape index (κ1) is 18.6. The average molecular weight is 367 g/mol. The highest BCUT2D eigenvalue weighted by Crippen LogP contribution is 2.30. The van der Waals surface area contributed by atoms with Gasteiger partial charge in [-0.15, -0.1) is 0 Å². The van der Waals surface area contributed by atoms with Crippen molar-refractivity contribution in [2.45, 2.75) is 26.3 Å².